The average Bonchev–Trinajstić information content (AvgIpc) is 2.64. The van der Waals surface area contributed by atoms with Crippen molar-refractivity contribution in [2.75, 3.05) is 0 Å². The Morgan fingerprint density at radius 2 is 1.42 bits per heavy atom. The molecule has 0 spiro atoms. The first kappa shape index (κ1) is 14.9. The highest BCUT2D eigenvalue weighted by molar-refractivity contribution is 7.99. The van der Waals surface area contributed by atoms with E-state index in [4.69, 9.17) is 4.74 Å². The Bertz CT molecular complexity index is 958. The molecular weight excluding hydrogens is 312 g/mol. The van der Waals surface area contributed by atoms with E-state index in [-0.39, 0.29) is 0 Å². The first-order valence-corrected chi connectivity index (χ1v) is 8.61. The van der Waals surface area contributed by atoms with Gasteiger partial charge in [0.1, 0.15) is 11.5 Å². The molecule has 0 fully saturated rings. The van der Waals surface area contributed by atoms with E-state index in [1.165, 1.54) is 10.3 Å². The zero-order chi connectivity index (χ0) is 16.2. The lowest BCUT2D eigenvalue weighted by atomic mass is 10.1. The third-order valence-corrected chi connectivity index (χ3v) is 4.75. The van der Waals surface area contributed by atoms with Gasteiger partial charge in [0.15, 0.2) is 0 Å². The summed E-state index contributed by atoms with van der Waals surface area (Å²) in [4.78, 5) is 2.15. The van der Waals surface area contributed by atoms with E-state index in [1.54, 1.807) is 11.8 Å². The lowest BCUT2D eigenvalue weighted by Gasteiger charge is -2.12. The molecule has 1 radical (unpaired) electrons. The topological polar surface area (TPSA) is 9.23 Å². The van der Waals surface area contributed by atoms with Crippen molar-refractivity contribution in [3.05, 3.63) is 97.1 Å². The molecule has 0 saturated carbocycles. The number of ether oxygens (including phenoxy) is 1. The van der Waals surface area contributed by atoms with Gasteiger partial charge in [-0.2, -0.15) is 0 Å². The molecule has 0 aromatic heterocycles. The lowest BCUT2D eigenvalue weighted by Crippen LogP contribution is -1.88. The van der Waals surface area contributed by atoms with Crippen LogP contribution in [0.15, 0.2) is 101 Å². The fraction of sp³-hybridized carbons (Fsp3) is 0. The van der Waals surface area contributed by atoms with E-state index in [9.17, 15) is 0 Å². The summed E-state index contributed by atoms with van der Waals surface area (Å²) in [5, 5.41) is 2.28. The fourth-order valence-corrected chi connectivity index (χ4v) is 3.44. The van der Waals surface area contributed by atoms with E-state index in [0.717, 1.165) is 21.8 Å². The normalized spacial score (nSPS) is 10.7. The number of rotatable bonds is 4. The van der Waals surface area contributed by atoms with Crippen molar-refractivity contribution in [2.45, 2.75) is 9.79 Å². The maximum atomic E-state index is 6.24. The van der Waals surface area contributed by atoms with Gasteiger partial charge >= 0.3 is 0 Å². The molecule has 0 atom stereocenters. The van der Waals surface area contributed by atoms with Crippen LogP contribution >= 0.6 is 11.8 Å². The summed E-state index contributed by atoms with van der Waals surface area (Å²) >= 11 is 1.66. The number of hydrogen-bond acceptors (Lipinski definition) is 2. The van der Waals surface area contributed by atoms with Crippen LogP contribution in [0, 0.1) is 6.07 Å². The van der Waals surface area contributed by atoms with Gasteiger partial charge in [-0.05, 0) is 29.7 Å². The molecule has 0 aliphatic carbocycles. The summed E-state index contributed by atoms with van der Waals surface area (Å²) in [6, 6.07) is 33.8. The fourth-order valence-electron chi connectivity index (χ4n) is 2.58. The van der Waals surface area contributed by atoms with Crippen LogP contribution in [0.2, 0.25) is 0 Å². The smallest absolute Gasteiger partial charge is 0.142 e. The van der Waals surface area contributed by atoms with Crippen LogP contribution in [-0.2, 0) is 0 Å². The van der Waals surface area contributed by atoms with Gasteiger partial charge in [-0.15, -0.1) is 0 Å². The van der Waals surface area contributed by atoms with Gasteiger partial charge in [0.05, 0.1) is 4.90 Å². The highest BCUT2D eigenvalue weighted by Crippen LogP contribution is 2.38. The van der Waals surface area contributed by atoms with Crippen molar-refractivity contribution in [1.82, 2.24) is 0 Å². The molecule has 115 valence electrons. The molecule has 0 bridgehead atoms. The summed E-state index contributed by atoms with van der Waals surface area (Å²) in [5.74, 6) is 1.69. The highest BCUT2D eigenvalue weighted by Gasteiger charge is 2.08. The SMILES string of the molecule is [c]1cccc(Oc2cccc3ccccc23)c1Sc1ccccc1. The predicted molar refractivity (Wildman–Crippen MR) is 99.9 cm³/mol. The molecule has 4 aromatic carbocycles. The van der Waals surface area contributed by atoms with Crippen LogP contribution in [0.25, 0.3) is 10.8 Å². The van der Waals surface area contributed by atoms with Gasteiger partial charge in [-0.25, -0.2) is 0 Å². The van der Waals surface area contributed by atoms with E-state index in [0.29, 0.717) is 0 Å². The quantitative estimate of drug-likeness (QED) is 0.418. The molecule has 0 saturated heterocycles. The summed E-state index contributed by atoms with van der Waals surface area (Å²) < 4.78 is 6.24. The zero-order valence-electron chi connectivity index (χ0n) is 13.0. The van der Waals surface area contributed by atoms with Crippen molar-refractivity contribution in [3.63, 3.8) is 0 Å². The predicted octanol–water partition coefficient (Wildman–Crippen LogP) is 6.58. The van der Waals surface area contributed by atoms with Gasteiger partial charge in [0, 0.05) is 16.3 Å². The Morgan fingerprint density at radius 1 is 0.667 bits per heavy atom. The summed E-state index contributed by atoms with van der Waals surface area (Å²) in [5.41, 5.74) is 0. The van der Waals surface area contributed by atoms with Crippen LogP contribution in [-0.4, -0.2) is 0 Å². The van der Waals surface area contributed by atoms with Gasteiger partial charge in [-0.3, -0.25) is 0 Å². The van der Waals surface area contributed by atoms with Gasteiger partial charge in [0.2, 0.25) is 0 Å². The number of hydrogen-bond donors (Lipinski definition) is 0. The van der Waals surface area contributed by atoms with Gasteiger partial charge in [-0.1, -0.05) is 78.5 Å². The molecule has 24 heavy (non-hydrogen) atoms. The van der Waals surface area contributed by atoms with Crippen molar-refractivity contribution >= 4 is 22.5 Å². The van der Waals surface area contributed by atoms with E-state index < -0.39 is 0 Å². The minimum atomic E-state index is 0.822. The van der Waals surface area contributed by atoms with Gasteiger partial charge < -0.3 is 4.74 Å². The molecule has 0 aliphatic heterocycles. The monoisotopic (exact) mass is 327 g/mol. The Hall–Kier alpha value is -2.71. The summed E-state index contributed by atoms with van der Waals surface area (Å²) in [7, 11) is 0. The first-order chi connectivity index (χ1) is 11.9. The van der Waals surface area contributed by atoms with Crippen LogP contribution in [0.5, 0.6) is 11.5 Å². The lowest BCUT2D eigenvalue weighted by molar-refractivity contribution is 0.476. The van der Waals surface area contributed by atoms with Crippen LogP contribution in [0.1, 0.15) is 0 Å². The third kappa shape index (κ3) is 3.15. The molecule has 0 heterocycles. The van der Waals surface area contributed by atoms with E-state index >= 15 is 0 Å². The summed E-state index contributed by atoms with van der Waals surface area (Å²) in [6.07, 6.45) is 0. The van der Waals surface area contributed by atoms with Crippen LogP contribution in [0.4, 0.5) is 0 Å². The Labute approximate surface area is 145 Å². The van der Waals surface area contributed by atoms with E-state index in [2.05, 4.69) is 36.4 Å². The molecule has 0 amide bonds. The molecular formula is C22H15OS. The van der Waals surface area contributed by atoms with Crippen LogP contribution < -0.4 is 4.74 Å². The largest absolute Gasteiger partial charge is 0.456 e. The minimum Gasteiger partial charge on any atom is -0.456 e. The Balaban J connectivity index is 1.70. The standard InChI is InChI=1S/C22H15OS/c1-2-11-18(12-3-1)24-22-16-7-6-14-21(22)23-20-15-8-10-17-9-4-5-13-19(17)20/h1-15H. The second-order valence-electron chi connectivity index (χ2n) is 5.36. The van der Waals surface area contributed by atoms with E-state index in [1.807, 2.05) is 60.7 Å². The molecule has 1 nitrogen and oxygen atoms in total. The summed E-state index contributed by atoms with van der Waals surface area (Å²) in [6.45, 7) is 0. The number of fused-ring (bicyclic) bond motifs is 1. The first-order valence-electron chi connectivity index (χ1n) is 7.79. The van der Waals surface area contributed by atoms with Crippen molar-refractivity contribution < 1.29 is 4.74 Å². The molecule has 0 unspecified atom stereocenters. The van der Waals surface area contributed by atoms with Crippen molar-refractivity contribution in [2.24, 2.45) is 0 Å². The molecule has 4 rings (SSSR count). The average molecular weight is 327 g/mol. The molecule has 4 aromatic rings. The van der Waals surface area contributed by atoms with Crippen molar-refractivity contribution in [1.29, 1.82) is 0 Å². The molecule has 0 N–H and O–H groups in total. The zero-order valence-corrected chi connectivity index (χ0v) is 13.8. The second-order valence-corrected chi connectivity index (χ2v) is 6.44. The molecule has 0 aliphatic rings. The third-order valence-electron chi connectivity index (χ3n) is 3.71. The van der Waals surface area contributed by atoms with Crippen molar-refractivity contribution in [3.8, 4) is 11.5 Å². The maximum Gasteiger partial charge on any atom is 0.142 e. The second kappa shape index (κ2) is 6.81. The van der Waals surface area contributed by atoms with Crippen LogP contribution in [0.3, 0.4) is 0 Å². The Morgan fingerprint density at radius 3 is 2.33 bits per heavy atom. The Kier molecular flexibility index (Phi) is 4.22. The maximum absolute atomic E-state index is 6.24. The highest BCUT2D eigenvalue weighted by atomic mass is 32.2. The van der Waals surface area contributed by atoms with Gasteiger partial charge in [0.25, 0.3) is 0 Å². The number of benzene rings is 4. The minimum absolute atomic E-state index is 0.822. The molecule has 2 heteroatoms.